The summed E-state index contributed by atoms with van der Waals surface area (Å²) in [6.45, 7) is 5.43. The van der Waals surface area contributed by atoms with Crippen molar-refractivity contribution in [2.45, 2.75) is 20.8 Å². The van der Waals surface area contributed by atoms with Crippen LogP contribution in [0.1, 0.15) is 19.5 Å². The second-order valence-corrected chi connectivity index (χ2v) is 5.76. The number of thiazole rings is 1. The molecule has 2 N–H and O–H groups in total. The molecular formula is C11H14N2O3S. The summed E-state index contributed by atoms with van der Waals surface area (Å²) < 4.78 is 0. The van der Waals surface area contributed by atoms with Gasteiger partial charge in [0.15, 0.2) is 5.13 Å². The second-order valence-electron chi connectivity index (χ2n) is 4.90. The van der Waals surface area contributed by atoms with Gasteiger partial charge in [-0.1, -0.05) is 13.8 Å². The first kappa shape index (κ1) is 12.0. The van der Waals surface area contributed by atoms with Crippen molar-refractivity contribution < 1.29 is 14.7 Å². The summed E-state index contributed by atoms with van der Waals surface area (Å²) >= 11 is 1.34. The number of nitrogens with zero attached hydrogens (tertiary/aromatic N) is 1. The van der Waals surface area contributed by atoms with Crippen LogP contribution >= 0.6 is 11.3 Å². The van der Waals surface area contributed by atoms with Gasteiger partial charge in [-0.15, -0.1) is 11.3 Å². The Balaban J connectivity index is 2.05. The van der Waals surface area contributed by atoms with Crippen LogP contribution in [0.2, 0.25) is 0 Å². The van der Waals surface area contributed by atoms with Crippen molar-refractivity contribution in [3.8, 4) is 0 Å². The van der Waals surface area contributed by atoms with Crippen LogP contribution in [0.4, 0.5) is 5.13 Å². The Labute approximate surface area is 103 Å². The first-order valence-electron chi connectivity index (χ1n) is 5.30. The van der Waals surface area contributed by atoms with Gasteiger partial charge in [-0.25, -0.2) is 4.98 Å². The number of carbonyl (C=O) groups is 2. The monoisotopic (exact) mass is 254 g/mol. The number of nitrogens with one attached hydrogen (secondary N) is 1. The third kappa shape index (κ3) is 2.04. The number of anilines is 1. The van der Waals surface area contributed by atoms with Crippen molar-refractivity contribution in [3.63, 3.8) is 0 Å². The lowest BCUT2D eigenvalue weighted by Crippen LogP contribution is -2.17. The van der Waals surface area contributed by atoms with E-state index < -0.39 is 23.2 Å². The molecule has 2 unspecified atom stereocenters. The van der Waals surface area contributed by atoms with Gasteiger partial charge in [-0.05, 0) is 12.3 Å². The fourth-order valence-electron chi connectivity index (χ4n) is 2.18. The predicted molar refractivity (Wildman–Crippen MR) is 63.9 cm³/mol. The van der Waals surface area contributed by atoms with Gasteiger partial charge in [0.2, 0.25) is 5.91 Å². The van der Waals surface area contributed by atoms with Crippen LogP contribution in [0.5, 0.6) is 0 Å². The first-order chi connectivity index (χ1) is 7.84. The summed E-state index contributed by atoms with van der Waals surface area (Å²) in [5.41, 5.74) is 0.373. The molecule has 2 rings (SSSR count). The average molecular weight is 254 g/mol. The largest absolute Gasteiger partial charge is 0.481 e. The maximum absolute atomic E-state index is 11.9. The lowest BCUT2D eigenvalue weighted by molar-refractivity contribution is -0.140. The van der Waals surface area contributed by atoms with Crippen LogP contribution in [-0.2, 0) is 9.59 Å². The first-order valence-corrected chi connectivity index (χ1v) is 6.18. The topological polar surface area (TPSA) is 79.3 Å². The minimum atomic E-state index is -0.912. The molecule has 92 valence electrons. The smallest absolute Gasteiger partial charge is 0.307 e. The zero-order valence-electron chi connectivity index (χ0n) is 9.85. The number of carboxylic acids is 1. The Morgan fingerprint density at radius 1 is 1.47 bits per heavy atom. The lowest BCUT2D eigenvalue weighted by atomic mass is 10.1. The Morgan fingerprint density at radius 3 is 2.53 bits per heavy atom. The average Bonchev–Trinajstić information content (AvgIpc) is 2.54. The fraction of sp³-hybridized carbons (Fsp3) is 0.545. The summed E-state index contributed by atoms with van der Waals surface area (Å²) in [6.07, 6.45) is 0. The number of hydrogen-bond acceptors (Lipinski definition) is 4. The second kappa shape index (κ2) is 3.80. The Morgan fingerprint density at radius 2 is 2.12 bits per heavy atom. The Kier molecular flexibility index (Phi) is 2.69. The van der Waals surface area contributed by atoms with Gasteiger partial charge >= 0.3 is 5.97 Å². The molecule has 0 radical (unpaired) electrons. The molecule has 1 aromatic rings. The third-order valence-corrected chi connectivity index (χ3v) is 4.10. The van der Waals surface area contributed by atoms with Gasteiger partial charge in [0.1, 0.15) is 0 Å². The summed E-state index contributed by atoms with van der Waals surface area (Å²) in [5.74, 6) is -2.23. The van der Waals surface area contributed by atoms with Crippen LogP contribution < -0.4 is 5.32 Å². The number of amides is 1. The highest BCUT2D eigenvalue weighted by molar-refractivity contribution is 7.13. The minimum absolute atomic E-state index is 0.253. The van der Waals surface area contributed by atoms with E-state index in [0.717, 1.165) is 5.69 Å². The van der Waals surface area contributed by atoms with E-state index in [4.69, 9.17) is 5.11 Å². The summed E-state index contributed by atoms with van der Waals surface area (Å²) in [5, 5.41) is 14.0. The quantitative estimate of drug-likeness (QED) is 0.861. The van der Waals surface area contributed by atoms with E-state index in [9.17, 15) is 9.59 Å². The predicted octanol–water partition coefficient (Wildman–Crippen LogP) is 1.75. The Bertz CT molecular complexity index is 481. The third-order valence-electron chi connectivity index (χ3n) is 3.23. The molecule has 1 amide bonds. The van der Waals surface area contributed by atoms with Crippen LogP contribution in [0.15, 0.2) is 5.38 Å². The maximum atomic E-state index is 11.9. The zero-order valence-corrected chi connectivity index (χ0v) is 10.7. The standard InChI is InChI=1S/C11H14N2O3S/c1-5-4-17-10(12-5)13-8(14)6-7(9(15)16)11(6,2)3/h4,6-7H,1-3H3,(H,15,16)(H,12,13,14). The van der Waals surface area contributed by atoms with Crippen molar-refractivity contribution in [2.75, 3.05) is 5.32 Å². The van der Waals surface area contributed by atoms with Crippen LogP contribution in [-0.4, -0.2) is 22.0 Å². The van der Waals surface area contributed by atoms with Crippen molar-refractivity contribution in [1.29, 1.82) is 0 Å². The lowest BCUT2D eigenvalue weighted by Gasteiger charge is -2.02. The molecule has 1 fully saturated rings. The van der Waals surface area contributed by atoms with Crippen molar-refractivity contribution in [2.24, 2.45) is 17.3 Å². The van der Waals surface area contributed by atoms with E-state index in [0.29, 0.717) is 5.13 Å². The van der Waals surface area contributed by atoms with Gasteiger partial charge in [0.05, 0.1) is 17.5 Å². The number of hydrogen-bond donors (Lipinski definition) is 2. The van der Waals surface area contributed by atoms with Gasteiger partial charge in [0, 0.05) is 5.38 Å². The van der Waals surface area contributed by atoms with E-state index in [1.807, 2.05) is 12.3 Å². The highest BCUT2D eigenvalue weighted by Gasteiger charge is 2.65. The van der Waals surface area contributed by atoms with E-state index >= 15 is 0 Å². The minimum Gasteiger partial charge on any atom is -0.481 e. The highest BCUT2D eigenvalue weighted by atomic mass is 32.1. The summed E-state index contributed by atoms with van der Waals surface area (Å²) in [7, 11) is 0. The van der Waals surface area contributed by atoms with Crippen LogP contribution in [0, 0.1) is 24.2 Å². The fourth-order valence-corrected chi connectivity index (χ4v) is 2.87. The molecular weight excluding hydrogens is 240 g/mol. The number of aliphatic carboxylic acids is 1. The number of rotatable bonds is 3. The molecule has 0 aromatic carbocycles. The molecule has 0 bridgehead atoms. The summed E-state index contributed by atoms with van der Waals surface area (Å²) in [4.78, 5) is 27.0. The molecule has 0 spiro atoms. The molecule has 2 atom stereocenters. The number of carbonyl (C=O) groups excluding carboxylic acids is 1. The molecule has 1 saturated carbocycles. The van der Waals surface area contributed by atoms with Gasteiger partial charge in [-0.3, -0.25) is 9.59 Å². The molecule has 1 aromatic heterocycles. The van der Waals surface area contributed by atoms with E-state index in [2.05, 4.69) is 10.3 Å². The van der Waals surface area contributed by atoms with Crippen molar-refractivity contribution in [3.05, 3.63) is 11.1 Å². The maximum Gasteiger partial charge on any atom is 0.307 e. The SMILES string of the molecule is Cc1csc(NC(=O)C2C(C(=O)O)C2(C)C)n1. The van der Waals surface area contributed by atoms with Gasteiger partial charge in [0.25, 0.3) is 0 Å². The molecule has 0 saturated heterocycles. The summed E-state index contributed by atoms with van der Waals surface area (Å²) in [6, 6.07) is 0. The van der Waals surface area contributed by atoms with Crippen LogP contribution in [0.3, 0.4) is 0 Å². The van der Waals surface area contributed by atoms with E-state index in [-0.39, 0.29) is 5.91 Å². The molecule has 0 aliphatic heterocycles. The number of aryl methyl sites for hydroxylation is 1. The van der Waals surface area contributed by atoms with E-state index in [1.54, 1.807) is 13.8 Å². The Hall–Kier alpha value is -1.43. The van der Waals surface area contributed by atoms with Crippen molar-refractivity contribution >= 4 is 28.3 Å². The molecule has 1 aliphatic rings. The molecule has 5 nitrogen and oxygen atoms in total. The zero-order chi connectivity index (χ0) is 12.8. The molecule has 6 heteroatoms. The highest BCUT2D eigenvalue weighted by Crippen LogP contribution is 2.58. The van der Waals surface area contributed by atoms with Gasteiger partial charge < -0.3 is 10.4 Å². The molecule has 1 aliphatic carbocycles. The van der Waals surface area contributed by atoms with Gasteiger partial charge in [-0.2, -0.15) is 0 Å². The number of aromatic nitrogens is 1. The van der Waals surface area contributed by atoms with E-state index in [1.165, 1.54) is 11.3 Å². The van der Waals surface area contributed by atoms with Crippen LogP contribution in [0.25, 0.3) is 0 Å². The normalized spacial score (nSPS) is 25.4. The molecule has 1 heterocycles. The number of carboxylic acid groups (broad SMARTS) is 1. The van der Waals surface area contributed by atoms with Crippen molar-refractivity contribution in [1.82, 2.24) is 4.98 Å². The molecule has 17 heavy (non-hydrogen) atoms.